The number of amides is 1. The van der Waals surface area contributed by atoms with E-state index in [-0.39, 0.29) is 11.9 Å². The van der Waals surface area contributed by atoms with Crippen LogP contribution in [-0.2, 0) is 17.8 Å². The van der Waals surface area contributed by atoms with Crippen molar-refractivity contribution < 1.29 is 4.79 Å². The Bertz CT molecular complexity index is 591. The van der Waals surface area contributed by atoms with Crippen LogP contribution in [0.1, 0.15) is 30.6 Å². The molecular weight excluding hydrogens is 250 g/mol. The fraction of sp³-hybridized carbons (Fsp3) is 0.375. The van der Waals surface area contributed by atoms with E-state index in [0.29, 0.717) is 6.42 Å². The minimum Gasteiger partial charge on any atom is -0.348 e. The van der Waals surface area contributed by atoms with Gasteiger partial charge in [-0.15, -0.1) is 0 Å². The normalized spacial score (nSPS) is 17.9. The average molecular weight is 269 g/mol. The molecule has 20 heavy (non-hydrogen) atoms. The highest BCUT2D eigenvalue weighted by molar-refractivity contribution is 5.77. The van der Waals surface area contributed by atoms with E-state index in [0.717, 1.165) is 25.1 Å². The molecule has 2 aromatic heterocycles. The third-order valence-corrected chi connectivity index (χ3v) is 4.01. The van der Waals surface area contributed by atoms with Gasteiger partial charge in [0.05, 0.1) is 6.04 Å². The van der Waals surface area contributed by atoms with E-state index in [9.17, 15) is 4.79 Å². The second-order valence-electron chi connectivity index (χ2n) is 5.25. The number of pyridine rings is 1. The second kappa shape index (κ2) is 5.49. The topological polar surface area (TPSA) is 38.1 Å². The molecule has 0 fully saturated rings. The van der Waals surface area contributed by atoms with Gasteiger partial charge in [-0.05, 0) is 37.1 Å². The van der Waals surface area contributed by atoms with Crippen molar-refractivity contribution in [3.05, 3.63) is 54.1 Å². The lowest BCUT2D eigenvalue weighted by atomic mass is 10.1. The van der Waals surface area contributed by atoms with Crippen LogP contribution in [0.3, 0.4) is 0 Å². The number of carbonyl (C=O) groups excluding carboxylic acids is 1. The summed E-state index contributed by atoms with van der Waals surface area (Å²) in [6.07, 6.45) is 6.99. The molecule has 0 N–H and O–H groups in total. The zero-order valence-electron chi connectivity index (χ0n) is 11.7. The number of nitrogens with zero attached hydrogens (tertiary/aromatic N) is 3. The molecule has 2 aromatic rings. The number of fused-ring (bicyclic) bond motifs is 1. The maximum absolute atomic E-state index is 12.4. The molecule has 104 valence electrons. The van der Waals surface area contributed by atoms with Gasteiger partial charge in [-0.3, -0.25) is 9.78 Å². The quantitative estimate of drug-likeness (QED) is 0.858. The van der Waals surface area contributed by atoms with Crippen LogP contribution in [0.25, 0.3) is 0 Å². The van der Waals surface area contributed by atoms with Crippen LogP contribution in [0.15, 0.2) is 42.9 Å². The highest BCUT2D eigenvalue weighted by Gasteiger charge is 2.26. The van der Waals surface area contributed by atoms with E-state index in [2.05, 4.69) is 34.8 Å². The Kier molecular flexibility index (Phi) is 3.54. The van der Waals surface area contributed by atoms with Gasteiger partial charge in [0.25, 0.3) is 0 Å². The number of hydrogen-bond acceptors (Lipinski definition) is 2. The molecule has 3 rings (SSSR count). The molecule has 1 unspecified atom stereocenters. The van der Waals surface area contributed by atoms with Gasteiger partial charge in [0.1, 0.15) is 0 Å². The summed E-state index contributed by atoms with van der Waals surface area (Å²) < 4.78 is 2.23. The van der Waals surface area contributed by atoms with Crippen LogP contribution in [0.4, 0.5) is 0 Å². The smallest absolute Gasteiger partial charge is 0.223 e. The number of aryl methyl sites for hydroxylation is 1. The molecular formula is C16H19N3O. The summed E-state index contributed by atoms with van der Waals surface area (Å²) in [5, 5.41) is 0. The molecule has 1 aliphatic rings. The molecule has 4 heteroatoms. The van der Waals surface area contributed by atoms with Crippen molar-refractivity contribution in [1.29, 1.82) is 0 Å². The number of carbonyl (C=O) groups is 1. The summed E-state index contributed by atoms with van der Waals surface area (Å²) in [6, 6.07) is 8.25. The van der Waals surface area contributed by atoms with E-state index in [1.165, 1.54) is 5.69 Å². The lowest BCUT2D eigenvalue weighted by Crippen LogP contribution is -2.40. The second-order valence-corrected chi connectivity index (χ2v) is 5.25. The minimum atomic E-state index is 0.167. The Morgan fingerprint density at radius 2 is 2.25 bits per heavy atom. The van der Waals surface area contributed by atoms with Crippen molar-refractivity contribution in [2.45, 2.75) is 32.4 Å². The van der Waals surface area contributed by atoms with Crippen LogP contribution in [0, 0.1) is 0 Å². The van der Waals surface area contributed by atoms with Gasteiger partial charge in [0.15, 0.2) is 0 Å². The molecule has 4 nitrogen and oxygen atoms in total. The largest absolute Gasteiger partial charge is 0.348 e. The van der Waals surface area contributed by atoms with Gasteiger partial charge < -0.3 is 9.47 Å². The molecule has 0 radical (unpaired) electrons. The van der Waals surface area contributed by atoms with Crippen LogP contribution in [-0.4, -0.2) is 26.9 Å². The summed E-state index contributed by atoms with van der Waals surface area (Å²) in [4.78, 5) is 18.5. The van der Waals surface area contributed by atoms with Gasteiger partial charge in [0, 0.05) is 43.8 Å². The standard InChI is InChI=1S/C16H19N3O/c1-13-15-5-3-9-18(15)10-11-19(13)16(20)7-6-14-4-2-8-17-12-14/h2-5,8-9,12-13H,6-7,10-11H2,1H3. The summed E-state index contributed by atoms with van der Waals surface area (Å²) in [5.74, 6) is 0.230. The fourth-order valence-electron chi connectivity index (χ4n) is 2.86. The van der Waals surface area contributed by atoms with E-state index >= 15 is 0 Å². The molecule has 0 aromatic carbocycles. The SMILES string of the molecule is CC1c2cccn2CCN1C(=O)CCc1cccnc1. The van der Waals surface area contributed by atoms with Gasteiger partial charge in [0.2, 0.25) is 5.91 Å². The van der Waals surface area contributed by atoms with Crippen LogP contribution >= 0.6 is 0 Å². The predicted molar refractivity (Wildman–Crippen MR) is 77.1 cm³/mol. The van der Waals surface area contributed by atoms with Gasteiger partial charge in [-0.2, -0.15) is 0 Å². The van der Waals surface area contributed by atoms with Crippen molar-refractivity contribution in [2.75, 3.05) is 6.54 Å². The van der Waals surface area contributed by atoms with Crippen molar-refractivity contribution in [1.82, 2.24) is 14.5 Å². The maximum atomic E-state index is 12.4. The molecule has 1 aliphatic heterocycles. The van der Waals surface area contributed by atoms with E-state index in [4.69, 9.17) is 0 Å². The Hall–Kier alpha value is -2.10. The monoisotopic (exact) mass is 269 g/mol. The molecule has 0 aliphatic carbocycles. The summed E-state index contributed by atoms with van der Waals surface area (Å²) in [5.41, 5.74) is 2.35. The Morgan fingerprint density at radius 3 is 3.05 bits per heavy atom. The predicted octanol–water partition coefficient (Wildman–Crippen LogP) is 2.42. The number of hydrogen-bond donors (Lipinski definition) is 0. The van der Waals surface area contributed by atoms with Gasteiger partial charge in [-0.1, -0.05) is 6.07 Å². The van der Waals surface area contributed by atoms with Gasteiger partial charge in [-0.25, -0.2) is 0 Å². The highest BCUT2D eigenvalue weighted by atomic mass is 16.2. The molecule has 0 saturated carbocycles. The van der Waals surface area contributed by atoms with Crippen molar-refractivity contribution in [3.8, 4) is 0 Å². The van der Waals surface area contributed by atoms with E-state index < -0.39 is 0 Å². The molecule has 1 atom stereocenters. The van der Waals surface area contributed by atoms with E-state index in [1.54, 1.807) is 6.20 Å². The van der Waals surface area contributed by atoms with Crippen molar-refractivity contribution in [2.24, 2.45) is 0 Å². The highest BCUT2D eigenvalue weighted by Crippen LogP contribution is 2.26. The molecule has 1 amide bonds. The van der Waals surface area contributed by atoms with Crippen molar-refractivity contribution >= 4 is 5.91 Å². The zero-order chi connectivity index (χ0) is 13.9. The first-order chi connectivity index (χ1) is 9.75. The lowest BCUT2D eigenvalue weighted by molar-refractivity contribution is -0.134. The van der Waals surface area contributed by atoms with E-state index in [1.807, 2.05) is 23.2 Å². The average Bonchev–Trinajstić information content (AvgIpc) is 2.96. The molecule has 0 spiro atoms. The number of aromatic nitrogens is 2. The zero-order valence-corrected chi connectivity index (χ0v) is 11.7. The first-order valence-electron chi connectivity index (χ1n) is 7.09. The lowest BCUT2D eigenvalue weighted by Gasteiger charge is -2.35. The van der Waals surface area contributed by atoms with Crippen LogP contribution < -0.4 is 0 Å². The summed E-state index contributed by atoms with van der Waals surface area (Å²) >= 11 is 0. The third kappa shape index (κ3) is 2.46. The van der Waals surface area contributed by atoms with Gasteiger partial charge >= 0.3 is 0 Å². The summed E-state index contributed by atoms with van der Waals surface area (Å²) in [7, 11) is 0. The minimum absolute atomic E-state index is 0.167. The summed E-state index contributed by atoms with van der Waals surface area (Å²) in [6.45, 7) is 3.80. The molecule has 0 saturated heterocycles. The Morgan fingerprint density at radius 1 is 1.35 bits per heavy atom. The number of rotatable bonds is 3. The van der Waals surface area contributed by atoms with Crippen LogP contribution in [0.5, 0.6) is 0 Å². The fourth-order valence-corrected chi connectivity index (χ4v) is 2.86. The first-order valence-corrected chi connectivity index (χ1v) is 7.09. The molecule has 3 heterocycles. The van der Waals surface area contributed by atoms with Crippen LogP contribution in [0.2, 0.25) is 0 Å². The molecule has 0 bridgehead atoms. The third-order valence-electron chi connectivity index (χ3n) is 4.01. The Labute approximate surface area is 119 Å². The van der Waals surface area contributed by atoms with Crippen molar-refractivity contribution in [3.63, 3.8) is 0 Å². The first kappa shape index (κ1) is 12.9. The Balaban J connectivity index is 1.64. The maximum Gasteiger partial charge on any atom is 0.223 e.